The van der Waals surface area contributed by atoms with Crippen LogP contribution < -0.4 is 10.6 Å². The zero-order chi connectivity index (χ0) is 18.2. The summed E-state index contributed by atoms with van der Waals surface area (Å²) < 4.78 is 0. The third-order valence-corrected chi connectivity index (χ3v) is 3.82. The molecule has 0 fully saturated rings. The molecule has 0 bridgehead atoms. The molecule has 6 heteroatoms. The van der Waals surface area contributed by atoms with Crippen molar-refractivity contribution in [1.82, 2.24) is 0 Å². The highest BCUT2D eigenvalue weighted by atomic mass is 35.5. The summed E-state index contributed by atoms with van der Waals surface area (Å²) in [5, 5.41) is 15.6. The minimum absolute atomic E-state index is 0.0603. The molecule has 0 aliphatic rings. The van der Waals surface area contributed by atoms with Crippen LogP contribution in [0.3, 0.4) is 0 Å². The molecule has 2 N–H and O–H groups in total. The van der Waals surface area contributed by atoms with E-state index in [0.717, 1.165) is 0 Å². The molecule has 128 valence electrons. The van der Waals surface area contributed by atoms with Gasteiger partial charge in [0.15, 0.2) is 5.78 Å². The summed E-state index contributed by atoms with van der Waals surface area (Å²) in [5.74, 6) is -0.156. The van der Waals surface area contributed by atoms with Crippen LogP contribution in [0.2, 0.25) is 5.02 Å². The predicted molar refractivity (Wildman–Crippen MR) is 99.0 cm³/mol. The molecule has 2 rings (SSSR count). The average Bonchev–Trinajstić information content (AvgIpc) is 2.60. The number of hydrogen-bond acceptors (Lipinski definition) is 4. The number of anilines is 2. The van der Waals surface area contributed by atoms with E-state index in [1.807, 2.05) is 0 Å². The maximum Gasteiger partial charge on any atom is 0.224 e. The van der Waals surface area contributed by atoms with Crippen molar-refractivity contribution in [3.63, 3.8) is 0 Å². The standard InChI is InChI=1S/C19H18ClN3O2/c1-13(24)14-4-5-15(12-21)18(11-14)22-10-2-3-19(25)23-17-8-6-16(20)7-9-17/h4-9,11,22H,2-3,10H2,1H3,(H,23,25). The van der Waals surface area contributed by atoms with Crippen LogP contribution in [0.25, 0.3) is 0 Å². The predicted octanol–water partition coefficient (Wildman–Crippen LogP) is 4.25. The molecule has 2 aromatic rings. The Kier molecular flexibility index (Phi) is 6.55. The minimum atomic E-state index is -0.0953. The molecular weight excluding hydrogens is 338 g/mol. The van der Waals surface area contributed by atoms with Crippen molar-refractivity contribution in [2.75, 3.05) is 17.2 Å². The summed E-state index contributed by atoms with van der Waals surface area (Å²) in [6, 6.07) is 13.9. The normalized spacial score (nSPS) is 9.96. The van der Waals surface area contributed by atoms with Gasteiger partial charge in [0, 0.05) is 29.2 Å². The van der Waals surface area contributed by atoms with Crippen molar-refractivity contribution in [3.8, 4) is 6.07 Å². The highest BCUT2D eigenvalue weighted by Gasteiger charge is 2.07. The number of benzene rings is 2. The quantitative estimate of drug-likeness (QED) is 0.574. The molecule has 1 amide bonds. The van der Waals surface area contributed by atoms with Crippen molar-refractivity contribution in [2.45, 2.75) is 19.8 Å². The molecule has 0 aliphatic heterocycles. The zero-order valence-corrected chi connectivity index (χ0v) is 14.6. The lowest BCUT2D eigenvalue weighted by Crippen LogP contribution is -2.13. The van der Waals surface area contributed by atoms with Crippen LogP contribution in [0.1, 0.15) is 35.7 Å². The number of carbonyl (C=O) groups is 2. The van der Waals surface area contributed by atoms with Gasteiger partial charge in [-0.05, 0) is 55.8 Å². The minimum Gasteiger partial charge on any atom is -0.384 e. The van der Waals surface area contributed by atoms with Gasteiger partial charge in [-0.3, -0.25) is 9.59 Å². The SMILES string of the molecule is CC(=O)c1ccc(C#N)c(NCCCC(=O)Nc2ccc(Cl)cc2)c1. The second-order valence-corrected chi connectivity index (χ2v) is 5.95. The second kappa shape index (κ2) is 8.86. The van der Waals surface area contributed by atoms with Crippen LogP contribution in [0, 0.1) is 11.3 Å². The first-order valence-corrected chi connectivity index (χ1v) is 8.22. The summed E-state index contributed by atoms with van der Waals surface area (Å²) in [5.41, 5.74) is 2.31. The van der Waals surface area contributed by atoms with Crippen molar-refractivity contribution in [2.24, 2.45) is 0 Å². The Balaban J connectivity index is 1.83. The number of nitrogens with one attached hydrogen (secondary N) is 2. The summed E-state index contributed by atoms with van der Waals surface area (Å²) in [7, 11) is 0. The lowest BCUT2D eigenvalue weighted by molar-refractivity contribution is -0.116. The van der Waals surface area contributed by atoms with Gasteiger partial charge in [0.25, 0.3) is 0 Å². The second-order valence-electron chi connectivity index (χ2n) is 5.51. The smallest absolute Gasteiger partial charge is 0.224 e. The zero-order valence-electron chi connectivity index (χ0n) is 13.8. The summed E-state index contributed by atoms with van der Waals surface area (Å²) >= 11 is 5.80. The maximum absolute atomic E-state index is 11.9. The molecule has 0 radical (unpaired) electrons. The van der Waals surface area contributed by atoms with Crippen LogP contribution in [-0.4, -0.2) is 18.2 Å². The molecule has 25 heavy (non-hydrogen) atoms. The Morgan fingerprint density at radius 3 is 2.52 bits per heavy atom. The Morgan fingerprint density at radius 2 is 1.88 bits per heavy atom. The van der Waals surface area contributed by atoms with E-state index in [1.54, 1.807) is 42.5 Å². The van der Waals surface area contributed by atoms with E-state index < -0.39 is 0 Å². The van der Waals surface area contributed by atoms with Crippen LogP contribution in [-0.2, 0) is 4.79 Å². The van der Waals surface area contributed by atoms with E-state index >= 15 is 0 Å². The Hall–Kier alpha value is -2.84. The van der Waals surface area contributed by atoms with Crippen LogP contribution in [0.4, 0.5) is 11.4 Å². The fourth-order valence-electron chi connectivity index (χ4n) is 2.24. The number of hydrogen-bond donors (Lipinski definition) is 2. The number of nitrogens with zero attached hydrogens (tertiary/aromatic N) is 1. The lowest BCUT2D eigenvalue weighted by atomic mass is 10.1. The fourth-order valence-corrected chi connectivity index (χ4v) is 2.36. The van der Waals surface area contributed by atoms with E-state index in [0.29, 0.717) is 46.9 Å². The molecule has 0 aromatic heterocycles. The van der Waals surface area contributed by atoms with E-state index in [9.17, 15) is 9.59 Å². The summed E-state index contributed by atoms with van der Waals surface area (Å²) in [4.78, 5) is 23.3. The largest absolute Gasteiger partial charge is 0.384 e. The highest BCUT2D eigenvalue weighted by molar-refractivity contribution is 6.30. The first kappa shape index (κ1) is 18.5. The molecule has 2 aromatic carbocycles. The first-order valence-electron chi connectivity index (χ1n) is 7.84. The average molecular weight is 356 g/mol. The summed E-state index contributed by atoms with van der Waals surface area (Å²) in [6.07, 6.45) is 0.929. The first-order chi connectivity index (χ1) is 12.0. The van der Waals surface area contributed by atoms with E-state index in [4.69, 9.17) is 16.9 Å². The number of amides is 1. The number of Topliss-reactive ketones (excluding diaryl/α,β-unsaturated/α-hetero) is 1. The van der Waals surface area contributed by atoms with Crippen LogP contribution >= 0.6 is 11.6 Å². The van der Waals surface area contributed by atoms with Gasteiger partial charge in [0.05, 0.1) is 11.3 Å². The fraction of sp³-hybridized carbons (Fsp3) is 0.211. The summed E-state index contributed by atoms with van der Waals surface area (Å²) in [6.45, 7) is 2.00. The van der Waals surface area contributed by atoms with E-state index in [-0.39, 0.29) is 11.7 Å². The van der Waals surface area contributed by atoms with Gasteiger partial charge in [-0.2, -0.15) is 5.26 Å². The van der Waals surface area contributed by atoms with Crippen LogP contribution in [0.15, 0.2) is 42.5 Å². The Morgan fingerprint density at radius 1 is 1.16 bits per heavy atom. The lowest BCUT2D eigenvalue weighted by Gasteiger charge is -2.10. The van der Waals surface area contributed by atoms with Gasteiger partial charge in [-0.1, -0.05) is 11.6 Å². The Labute approximate surface area is 151 Å². The van der Waals surface area contributed by atoms with Crippen molar-refractivity contribution < 1.29 is 9.59 Å². The van der Waals surface area contributed by atoms with E-state index in [1.165, 1.54) is 6.92 Å². The molecule has 5 nitrogen and oxygen atoms in total. The van der Waals surface area contributed by atoms with Gasteiger partial charge < -0.3 is 10.6 Å². The molecule has 0 saturated heterocycles. The number of carbonyl (C=O) groups excluding carboxylic acids is 2. The number of nitriles is 1. The molecule has 0 aliphatic carbocycles. The number of rotatable bonds is 7. The molecule has 0 saturated carbocycles. The Bertz CT molecular complexity index is 810. The van der Waals surface area contributed by atoms with Crippen molar-refractivity contribution in [1.29, 1.82) is 5.26 Å². The maximum atomic E-state index is 11.9. The third kappa shape index (κ3) is 5.63. The molecule has 0 atom stereocenters. The molecular formula is C19H18ClN3O2. The van der Waals surface area contributed by atoms with Crippen LogP contribution in [0.5, 0.6) is 0 Å². The monoisotopic (exact) mass is 355 g/mol. The van der Waals surface area contributed by atoms with E-state index in [2.05, 4.69) is 16.7 Å². The number of halogens is 1. The molecule has 0 spiro atoms. The number of ketones is 1. The van der Waals surface area contributed by atoms with Gasteiger partial charge in [-0.15, -0.1) is 0 Å². The van der Waals surface area contributed by atoms with Gasteiger partial charge in [0.2, 0.25) is 5.91 Å². The van der Waals surface area contributed by atoms with Gasteiger partial charge in [0.1, 0.15) is 6.07 Å². The third-order valence-electron chi connectivity index (χ3n) is 3.57. The van der Waals surface area contributed by atoms with Gasteiger partial charge in [-0.25, -0.2) is 0 Å². The van der Waals surface area contributed by atoms with Crippen molar-refractivity contribution >= 4 is 34.7 Å². The van der Waals surface area contributed by atoms with Crippen molar-refractivity contribution in [3.05, 3.63) is 58.6 Å². The molecule has 0 unspecified atom stereocenters. The molecule has 0 heterocycles. The highest BCUT2D eigenvalue weighted by Crippen LogP contribution is 2.18. The topological polar surface area (TPSA) is 82.0 Å². The van der Waals surface area contributed by atoms with Gasteiger partial charge >= 0.3 is 0 Å².